The number of hydrogen-bond donors (Lipinski definition) is 2. The van der Waals surface area contributed by atoms with Crippen LogP contribution in [0.3, 0.4) is 0 Å². The lowest BCUT2D eigenvalue weighted by Crippen LogP contribution is -2.33. The Morgan fingerprint density at radius 1 is 1.04 bits per heavy atom. The monoisotopic (exact) mass is 435 g/mol. The van der Waals surface area contributed by atoms with E-state index in [4.69, 9.17) is 15.2 Å². The maximum absolute atomic E-state index is 6.17. The summed E-state index contributed by atoms with van der Waals surface area (Å²) in [5.74, 6) is 1.65. The first-order valence-electron chi connectivity index (χ1n) is 9.26. The standard InChI is InChI=1S/C21H29N3O2.BrH/c1-24(15-16-7-10-18(22)11-8-16)23-14-17-9-12-20(25-2)21(13-17)26-19-5-3-4-6-19;/h7-13,19,23H,3-6,14-15,22H2,1-2H3;1H. The molecule has 0 aromatic heterocycles. The Kier molecular flexibility index (Phi) is 8.41. The van der Waals surface area contributed by atoms with E-state index in [1.807, 2.05) is 25.2 Å². The largest absolute Gasteiger partial charge is 0.493 e. The van der Waals surface area contributed by atoms with Crippen molar-refractivity contribution >= 4 is 22.7 Å². The van der Waals surface area contributed by atoms with Crippen molar-refractivity contribution in [1.29, 1.82) is 0 Å². The van der Waals surface area contributed by atoms with Gasteiger partial charge in [0.25, 0.3) is 0 Å². The van der Waals surface area contributed by atoms with E-state index in [1.54, 1.807) is 7.11 Å². The van der Waals surface area contributed by atoms with Gasteiger partial charge in [0, 0.05) is 25.8 Å². The lowest BCUT2D eigenvalue weighted by Gasteiger charge is -2.20. The second kappa shape index (κ2) is 10.5. The first-order valence-corrected chi connectivity index (χ1v) is 9.26. The maximum Gasteiger partial charge on any atom is 0.161 e. The SMILES string of the molecule is Br.COc1ccc(CNN(C)Cc2ccc(N)cc2)cc1OC1CCCC1. The molecule has 3 rings (SSSR count). The molecule has 2 aromatic rings. The van der Waals surface area contributed by atoms with Crippen LogP contribution in [0.15, 0.2) is 42.5 Å². The number of nitrogens with zero attached hydrogens (tertiary/aromatic N) is 1. The molecule has 6 heteroatoms. The number of halogens is 1. The molecule has 1 saturated carbocycles. The predicted molar refractivity (Wildman–Crippen MR) is 115 cm³/mol. The Morgan fingerprint density at radius 3 is 2.37 bits per heavy atom. The molecule has 0 unspecified atom stereocenters. The molecular weight excluding hydrogens is 406 g/mol. The summed E-state index contributed by atoms with van der Waals surface area (Å²) in [6.07, 6.45) is 5.10. The van der Waals surface area contributed by atoms with Crippen LogP contribution in [0.2, 0.25) is 0 Å². The number of ether oxygens (including phenoxy) is 2. The minimum atomic E-state index is 0. The first kappa shape index (κ1) is 21.5. The van der Waals surface area contributed by atoms with Gasteiger partial charge in [0.05, 0.1) is 13.2 Å². The van der Waals surface area contributed by atoms with E-state index < -0.39 is 0 Å². The van der Waals surface area contributed by atoms with E-state index in [9.17, 15) is 0 Å². The molecule has 0 heterocycles. The third-order valence-corrected chi connectivity index (χ3v) is 4.78. The fourth-order valence-corrected chi connectivity index (χ4v) is 3.29. The van der Waals surface area contributed by atoms with Crippen molar-refractivity contribution < 1.29 is 9.47 Å². The third kappa shape index (κ3) is 6.41. The van der Waals surface area contributed by atoms with Crippen LogP contribution in [0.25, 0.3) is 0 Å². The average molecular weight is 436 g/mol. The molecule has 0 radical (unpaired) electrons. The number of hydrazine groups is 1. The topological polar surface area (TPSA) is 59.8 Å². The Hall–Kier alpha value is -1.76. The number of nitrogens with one attached hydrogen (secondary N) is 1. The molecule has 3 N–H and O–H groups in total. The van der Waals surface area contributed by atoms with E-state index in [0.717, 1.165) is 43.1 Å². The summed E-state index contributed by atoms with van der Waals surface area (Å²) in [4.78, 5) is 0. The van der Waals surface area contributed by atoms with Crippen LogP contribution in [0, 0.1) is 0 Å². The van der Waals surface area contributed by atoms with E-state index in [1.165, 1.54) is 24.0 Å². The highest BCUT2D eigenvalue weighted by molar-refractivity contribution is 8.93. The Labute approximate surface area is 172 Å². The van der Waals surface area contributed by atoms with Crippen LogP contribution >= 0.6 is 17.0 Å². The molecular formula is C21H30BrN3O2. The number of methoxy groups -OCH3 is 1. The van der Waals surface area contributed by atoms with Gasteiger partial charge in [-0.25, -0.2) is 5.01 Å². The molecule has 0 amide bonds. The van der Waals surface area contributed by atoms with Gasteiger partial charge in [-0.05, 0) is 61.1 Å². The van der Waals surface area contributed by atoms with Gasteiger partial charge in [-0.3, -0.25) is 5.43 Å². The molecule has 2 aromatic carbocycles. The molecule has 27 heavy (non-hydrogen) atoms. The zero-order valence-corrected chi connectivity index (χ0v) is 17.8. The fourth-order valence-electron chi connectivity index (χ4n) is 3.29. The van der Waals surface area contributed by atoms with Gasteiger partial charge in [-0.1, -0.05) is 18.2 Å². The molecule has 0 spiro atoms. The number of anilines is 1. The summed E-state index contributed by atoms with van der Waals surface area (Å²) in [7, 11) is 3.73. The molecule has 1 fully saturated rings. The van der Waals surface area contributed by atoms with E-state index in [0.29, 0.717) is 6.10 Å². The van der Waals surface area contributed by atoms with E-state index in [2.05, 4.69) is 34.7 Å². The molecule has 1 aliphatic carbocycles. The molecule has 0 aliphatic heterocycles. The quantitative estimate of drug-likeness (QED) is 0.477. The van der Waals surface area contributed by atoms with Crippen LogP contribution < -0.4 is 20.6 Å². The first-order chi connectivity index (χ1) is 12.6. The minimum Gasteiger partial charge on any atom is -0.493 e. The van der Waals surface area contributed by atoms with Crippen LogP contribution in [0.5, 0.6) is 11.5 Å². The van der Waals surface area contributed by atoms with Crippen molar-refractivity contribution in [3.8, 4) is 11.5 Å². The zero-order valence-electron chi connectivity index (χ0n) is 16.1. The van der Waals surface area contributed by atoms with Crippen molar-refractivity contribution in [1.82, 2.24) is 10.4 Å². The van der Waals surface area contributed by atoms with Crippen LogP contribution in [0.1, 0.15) is 36.8 Å². The zero-order chi connectivity index (χ0) is 18.4. The number of benzene rings is 2. The summed E-state index contributed by atoms with van der Waals surface area (Å²) >= 11 is 0. The van der Waals surface area contributed by atoms with Crippen molar-refractivity contribution in [2.45, 2.75) is 44.9 Å². The fraction of sp³-hybridized carbons (Fsp3) is 0.429. The lowest BCUT2D eigenvalue weighted by atomic mass is 10.2. The number of nitrogen functional groups attached to an aromatic ring is 1. The normalized spacial score (nSPS) is 14.2. The van der Waals surface area contributed by atoms with Crippen molar-refractivity contribution in [2.75, 3.05) is 19.9 Å². The lowest BCUT2D eigenvalue weighted by molar-refractivity contribution is 0.199. The van der Waals surface area contributed by atoms with Gasteiger partial charge in [0.15, 0.2) is 11.5 Å². The van der Waals surface area contributed by atoms with Gasteiger partial charge >= 0.3 is 0 Å². The predicted octanol–water partition coefficient (Wildman–Crippen LogP) is 4.31. The molecule has 0 atom stereocenters. The molecule has 0 bridgehead atoms. The second-order valence-corrected chi connectivity index (χ2v) is 6.94. The average Bonchev–Trinajstić information content (AvgIpc) is 3.15. The molecule has 0 saturated heterocycles. The Morgan fingerprint density at radius 2 is 1.70 bits per heavy atom. The van der Waals surface area contributed by atoms with Gasteiger partial charge < -0.3 is 15.2 Å². The summed E-state index contributed by atoms with van der Waals surface area (Å²) < 4.78 is 11.6. The second-order valence-electron chi connectivity index (χ2n) is 6.94. The third-order valence-electron chi connectivity index (χ3n) is 4.78. The van der Waals surface area contributed by atoms with E-state index in [-0.39, 0.29) is 17.0 Å². The molecule has 148 valence electrons. The molecule has 1 aliphatic rings. The van der Waals surface area contributed by atoms with Gasteiger partial charge in [-0.2, -0.15) is 0 Å². The summed E-state index contributed by atoms with van der Waals surface area (Å²) in [5, 5.41) is 2.08. The van der Waals surface area contributed by atoms with Gasteiger partial charge in [0.1, 0.15) is 0 Å². The van der Waals surface area contributed by atoms with Crippen LogP contribution in [-0.4, -0.2) is 25.3 Å². The minimum absolute atomic E-state index is 0. The van der Waals surface area contributed by atoms with Crippen molar-refractivity contribution in [2.24, 2.45) is 0 Å². The maximum atomic E-state index is 6.17. The van der Waals surface area contributed by atoms with E-state index >= 15 is 0 Å². The van der Waals surface area contributed by atoms with Crippen LogP contribution in [0.4, 0.5) is 5.69 Å². The number of rotatable bonds is 8. The highest BCUT2D eigenvalue weighted by Crippen LogP contribution is 2.32. The van der Waals surface area contributed by atoms with Crippen molar-refractivity contribution in [3.05, 3.63) is 53.6 Å². The smallest absolute Gasteiger partial charge is 0.161 e. The van der Waals surface area contributed by atoms with Crippen molar-refractivity contribution in [3.63, 3.8) is 0 Å². The Balaban J connectivity index is 0.00000261. The molecule has 5 nitrogen and oxygen atoms in total. The van der Waals surface area contributed by atoms with Crippen LogP contribution in [-0.2, 0) is 13.1 Å². The van der Waals surface area contributed by atoms with Gasteiger partial charge in [0.2, 0.25) is 0 Å². The number of nitrogens with two attached hydrogens (primary N) is 1. The van der Waals surface area contributed by atoms with Gasteiger partial charge in [-0.15, -0.1) is 17.0 Å². The summed E-state index contributed by atoms with van der Waals surface area (Å²) in [6, 6.07) is 14.1. The summed E-state index contributed by atoms with van der Waals surface area (Å²) in [6.45, 7) is 1.54. The summed E-state index contributed by atoms with van der Waals surface area (Å²) in [5.41, 5.74) is 12.3. The highest BCUT2D eigenvalue weighted by Gasteiger charge is 2.18. The number of hydrogen-bond acceptors (Lipinski definition) is 5. The highest BCUT2D eigenvalue weighted by atomic mass is 79.9. The Bertz CT molecular complexity index is 703.